The fraction of sp³-hybridized carbons (Fsp3) is 0.143. The fourth-order valence-corrected chi connectivity index (χ4v) is 0.979. The molecule has 0 spiro atoms. The predicted molar refractivity (Wildman–Crippen MR) is 37.7 cm³/mol. The second-order valence-electron chi connectivity index (χ2n) is 2.36. The monoisotopic (exact) mass is 151 g/mol. The molecular formula is C7H6FN3. The summed E-state index contributed by atoms with van der Waals surface area (Å²) in [6, 6.07) is 0. The molecule has 4 heteroatoms. The summed E-state index contributed by atoms with van der Waals surface area (Å²) in [6.07, 6.45) is 4.23. The van der Waals surface area contributed by atoms with Gasteiger partial charge in [0.05, 0.1) is 11.9 Å². The van der Waals surface area contributed by atoms with E-state index in [-0.39, 0.29) is 5.82 Å². The molecule has 3 nitrogen and oxygen atoms in total. The van der Waals surface area contributed by atoms with Gasteiger partial charge in [-0.25, -0.2) is 14.4 Å². The van der Waals surface area contributed by atoms with Crippen LogP contribution in [0, 0.1) is 12.7 Å². The molecular weight excluding hydrogens is 145 g/mol. The van der Waals surface area contributed by atoms with Gasteiger partial charge in [-0.05, 0) is 6.92 Å². The highest BCUT2D eigenvalue weighted by atomic mass is 19.1. The van der Waals surface area contributed by atoms with Crippen molar-refractivity contribution in [2.75, 3.05) is 0 Å². The maximum absolute atomic E-state index is 12.5. The molecule has 2 heterocycles. The van der Waals surface area contributed by atoms with Gasteiger partial charge in [-0.3, -0.25) is 4.40 Å². The van der Waals surface area contributed by atoms with Crippen molar-refractivity contribution >= 4 is 5.78 Å². The van der Waals surface area contributed by atoms with Crippen LogP contribution in [0.4, 0.5) is 4.39 Å². The number of hydrogen-bond donors (Lipinski definition) is 0. The largest absolute Gasteiger partial charge is 0.288 e. The summed E-state index contributed by atoms with van der Waals surface area (Å²) in [6.45, 7) is 1.84. The Balaban J connectivity index is 2.82. The van der Waals surface area contributed by atoms with Crippen molar-refractivity contribution in [2.45, 2.75) is 6.92 Å². The number of aryl methyl sites for hydroxylation is 1. The van der Waals surface area contributed by atoms with Gasteiger partial charge in [0.15, 0.2) is 5.82 Å². The summed E-state index contributed by atoms with van der Waals surface area (Å²) >= 11 is 0. The van der Waals surface area contributed by atoms with Gasteiger partial charge in [0.25, 0.3) is 0 Å². The first-order valence-corrected chi connectivity index (χ1v) is 3.22. The molecule has 11 heavy (non-hydrogen) atoms. The van der Waals surface area contributed by atoms with Crippen LogP contribution in [0.2, 0.25) is 0 Å². The van der Waals surface area contributed by atoms with Crippen LogP contribution in [0.5, 0.6) is 0 Å². The number of hydrogen-bond acceptors (Lipinski definition) is 2. The van der Waals surface area contributed by atoms with Crippen LogP contribution >= 0.6 is 0 Å². The summed E-state index contributed by atoms with van der Waals surface area (Å²) < 4.78 is 14.1. The third kappa shape index (κ3) is 0.960. The second kappa shape index (κ2) is 2.02. The van der Waals surface area contributed by atoms with Crippen LogP contribution in [0.15, 0.2) is 18.6 Å². The Kier molecular flexibility index (Phi) is 1.15. The summed E-state index contributed by atoms with van der Waals surface area (Å²) in [5.74, 6) is 0.179. The molecule has 0 saturated heterocycles. The number of halogens is 1. The highest BCUT2D eigenvalue weighted by molar-refractivity contribution is 5.29. The first-order valence-electron chi connectivity index (χ1n) is 3.22. The highest BCUT2D eigenvalue weighted by Gasteiger charge is 1.98. The number of rotatable bonds is 0. The van der Waals surface area contributed by atoms with Crippen LogP contribution in [0.3, 0.4) is 0 Å². The Morgan fingerprint density at radius 1 is 1.45 bits per heavy atom. The van der Waals surface area contributed by atoms with Gasteiger partial charge in [-0.15, -0.1) is 0 Å². The zero-order valence-corrected chi connectivity index (χ0v) is 5.95. The van der Waals surface area contributed by atoms with Crippen LogP contribution in [0.1, 0.15) is 5.69 Å². The summed E-state index contributed by atoms with van der Waals surface area (Å²) in [5, 5.41) is 0. The standard InChI is InChI=1S/C7H6FN3/c1-5-3-11-4-6(8)2-9-7(11)10-5/h2-4H,1H3. The Hall–Kier alpha value is -1.45. The molecule has 0 fully saturated rings. The number of aromatic nitrogens is 3. The molecule has 0 bridgehead atoms. The normalized spacial score (nSPS) is 10.7. The van der Waals surface area contributed by atoms with E-state index in [1.165, 1.54) is 6.20 Å². The maximum atomic E-state index is 12.5. The van der Waals surface area contributed by atoms with Crippen LogP contribution in [0.25, 0.3) is 5.78 Å². The molecule has 0 aromatic carbocycles. The van der Waals surface area contributed by atoms with Crippen molar-refractivity contribution in [2.24, 2.45) is 0 Å². The number of fused-ring (bicyclic) bond motifs is 1. The van der Waals surface area contributed by atoms with Crippen LogP contribution in [-0.2, 0) is 0 Å². The van der Waals surface area contributed by atoms with E-state index >= 15 is 0 Å². The van der Waals surface area contributed by atoms with Crippen molar-refractivity contribution in [3.63, 3.8) is 0 Å². The third-order valence-electron chi connectivity index (χ3n) is 1.40. The van der Waals surface area contributed by atoms with Crippen molar-refractivity contribution < 1.29 is 4.39 Å². The first kappa shape index (κ1) is 6.27. The number of nitrogens with zero attached hydrogens (tertiary/aromatic N) is 3. The molecule has 2 aromatic heterocycles. The molecule has 2 rings (SSSR count). The lowest BCUT2D eigenvalue weighted by molar-refractivity contribution is 0.612. The second-order valence-corrected chi connectivity index (χ2v) is 2.36. The van der Waals surface area contributed by atoms with Gasteiger partial charge in [-0.1, -0.05) is 0 Å². The van der Waals surface area contributed by atoms with E-state index in [1.54, 1.807) is 10.6 Å². The smallest absolute Gasteiger partial charge is 0.234 e. The average Bonchev–Trinajstić information content (AvgIpc) is 2.27. The van der Waals surface area contributed by atoms with Crippen molar-refractivity contribution in [3.05, 3.63) is 30.1 Å². The molecule has 2 aromatic rings. The van der Waals surface area contributed by atoms with Crippen LogP contribution < -0.4 is 0 Å². The minimum absolute atomic E-state index is 0.352. The van der Waals surface area contributed by atoms with Gasteiger partial charge in [0.2, 0.25) is 5.78 Å². The van der Waals surface area contributed by atoms with E-state index in [1.807, 2.05) is 6.92 Å². The molecule has 0 amide bonds. The molecule has 0 saturated carbocycles. The SMILES string of the molecule is Cc1cn2cc(F)cnc2n1. The van der Waals surface area contributed by atoms with E-state index in [0.29, 0.717) is 5.78 Å². The first-order chi connectivity index (χ1) is 5.25. The van der Waals surface area contributed by atoms with E-state index < -0.39 is 0 Å². The zero-order chi connectivity index (χ0) is 7.84. The Morgan fingerprint density at radius 3 is 3.09 bits per heavy atom. The molecule has 0 radical (unpaired) electrons. The predicted octanol–water partition coefficient (Wildman–Crippen LogP) is 1.18. The summed E-state index contributed by atoms with van der Waals surface area (Å²) in [5.41, 5.74) is 0.836. The fourth-order valence-electron chi connectivity index (χ4n) is 0.979. The lowest BCUT2D eigenvalue weighted by Crippen LogP contribution is -1.88. The van der Waals surface area contributed by atoms with E-state index in [4.69, 9.17) is 0 Å². The molecule has 0 unspecified atom stereocenters. The van der Waals surface area contributed by atoms with Gasteiger partial charge in [0.1, 0.15) is 0 Å². The van der Waals surface area contributed by atoms with Crippen molar-refractivity contribution in [1.82, 2.24) is 14.4 Å². The topological polar surface area (TPSA) is 30.2 Å². The zero-order valence-electron chi connectivity index (χ0n) is 5.95. The molecule has 0 atom stereocenters. The molecule has 0 N–H and O–H groups in total. The highest BCUT2D eigenvalue weighted by Crippen LogP contribution is 2.01. The summed E-state index contributed by atoms with van der Waals surface area (Å²) in [4.78, 5) is 7.82. The Bertz CT molecular complexity index is 393. The average molecular weight is 151 g/mol. The lowest BCUT2D eigenvalue weighted by atomic mass is 10.6. The van der Waals surface area contributed by atoms with Crippen molar-refractivity contribution in [3.8, 4) is 0 Å². The van der Waals surface area contributed by atoms with Crippen LogP contribution in [-0.4, -0.2) is 14.4 Å². The Morgan fingerprint density at radius 2 is 2.27 bits per heavy atom. The van der Waals surface area contributed by atoms with E-state index in [0.717, 1.165) is 11.9 Å². The Labute approximate surface area is 62.5 Å². The third-order valence-corrected chi connectivity index (χ3v) is 1.40. The van der Waals surface area contributed by atoms with Gasteiger partial charge in [-0.2, -0.15) is 0 Å². The van der Waals surface area contributed by atoms with Crippen molar-refractivity contribution in [1.29, 1.82) is 0 Å². The molecule has 56 valence electrons. The van der Waals surface area contributed by atoms with Gasteiger partial charge >= 0.3 is 0 Å². The molecule has 0 aliphatic rings. The number of imidazole rings is 1. The minimum Gasteiger partial charge on any atom is -0.288 e. The minimum atomic E-state index is -0.352. The molecule has 0 aliphatic heterocycles. The lowest BCUT2D eigenvalue weighted by Gasteiger charge is -1.89. The quantitative estimate of drug-likeness (QED) is 0.565. The van der Waals surface area contributed by atoms with Gasteiger partial charge in [0, 0.05) is 12.4 Å². The molecule has 0 aliphatic carbocycles. The van der Waals surface area contributed by atoms with Gasteiger partial charge < -0.3 is 0 Å². The summed E-state index contributed by atoms with van der Waals surface area (Å²) in [7, 11) is 0. The maximum Gasteiger partial charge on any atom is 0.234 e. The van der Waals surface area contributed by atoms with E-state index in [9.17, 15) is 4.39 Å². The van der Waals surface area contributed by atoms with E-state index in [2.05, 4.69) is 9.97 Å².